The molecule has 0 saturated carbocycles. The maximum Gasteiger partial charge on any atom is 0.355 e. The van der Waals surface area contributed by atoms with E-state index in [-0.39, 0.29) is 35.5 Å². The molecule has 1 fully saturated rings. The number of aromatic nitrogens is 2. The van der Waals surface area contributed by atoms with Gasteiger partial charge in [-0.2, -0.15) is 5.26 Å². The summed E-state index contributed by atoms with van der Waals surface area (Å²) in [6.45, 7) is 3.31. The van der Waals surface area contributed by atoms with E-state index in [4.69, 9.17) is 4.74 Å². The van der Waals surface area contributed by atoms with E-state index in [0.717, 1.165) is 0 Å². The standard InChI is InChI=1S/C23H19N5O6S/c1-11-17(16-8-26-10-25-15(7-24)22(26)35-16)20(27-19(11)18(12(2)29)21(27)30)23(31)34-9-13-3-5-14(6-4-13)28(32)33/h3-6,8,10-12,18-19,29H,9H2,1-2H3/t11-,12+,18+,19?/m0/s1. The molecular weight excluding hydrogens is 474 g/mol. The van der Waals surface area contributed by atoms with Crippen LogP contribution in [0.15, 0.2) is 42.5 Å². The van der Waals surface area contributed by atoms with Crippen molar-refractivity contribution in [2.45, 2.75) is 32.6 Å². The lowest BCUT2D eigenvalue weighted by Gasteiger charge is -2.46. The molecule has 4 atom stereocenters. The van der Waals surface area contributed by atoms with Crippen molar-refractivity contribution < 1.29 is 24.4 Å². The van der Waals surface area contributed by atoms with E-state index in [1.165, 1.54) is 46.8 Å². The van der Waals surface area contributed by atoms with Gasteiger partial charge in [-0.25, -0.2) is 9.78 Å². The number of nitrogens with zero attached hydrogens (tertiary/aromatic N) is 5. The van der Waals surface area contributed by atoms with Crippen molar-refractivity contribution in [2.75, 3.05) is 0 Å². The number of nitro groups is 1. The van der Waals surface area contributed by atoms with Gasteiger partial charge in [-0.1, -0.05) is 6.92 Å². The molecule has 1 amide bonds. The SMILES string of the molecule is C[C@H]1C(c2cn3cnc(C#N)c3s2)=C(C(=O)OCc2ccc([N+](=O)[O-])cc2)N2C(=O)[C@H]([C@@H](C)O)C12. The fourth-order valence-corrected chi connectivity index (χ4v) is 5.98. The molecule has 1 unspecified atom stereocenters. The van der Waals surface area contributed by atoms with Gasteiger partial charge in [0.1, 0.15) is 29.5 Å². The second-order valence-electron chi connectivity index (χ2n) is 8.53. The van der Waals surface area contributed by atoms with Gasteiger partial charge < -0.3 is 14.7 Å². The molecule has 1 aromatic carbocycles. The average molecular weight is 494 g/mol. The average Bonchev–Trinajstić information content (AvgIpc) is 3.47. The number of imidazole rings is 1. The number of fused-ring (bicyclic) bond motifs is 2. The number of aliphatic hydroxyl groups excluding tert-OH is 1. The molecule has 5 rings (SSSR count). The maximum atomic E-state index is 13.3. The first-order valence-electron chi connectivity index (χ1n) is 10.8. The molecule has 0 aliphatic carbocycles. The van der Waals surface area contributed by atoms with Crippen LogP contribution in [0.4, 0.5) is 5.69 Å². The van der Waals surface area contributed by atoms with E-state index in [2.05, 4.69) is 4.98 Å². The number of esters is 1. The molecule has 2 aliphatic heterocycles. The quantitative estimate of drug-likeness (QED) is 0.238. The third kappa shape index (κ3) is 3.48. The molecule has 1 saturated heterocycles. The zero-order valence-corrected chi connectivity index (χ0v) is 19.4. The van der Waals surface area contributed by atoms with Crippen molar-refractivity contribution in [3.63, 3.8) is 0 Å². The highest BCUT2D eigenvalue weighted by Crippen LogP contribution is 2.51. The summed E-state index contributed by atoms with van der Waals surface area (Å²) in [5, 5.41) is 30.3. The molecule has 2 aromatic heterocycles. The molecule has 178 valence electrons. The summed E-state index contributed by atoms with van der Waals surface area (Å²) in [4.78, 5) is 43.3. The first-order valence-corrected chi connectivity index (χ1v) is 11.6. The molecule has 3 aromatic rings. The molecule has 0 bridgehead atoms. The van der Waals surface area contributed by atoms with Crippen LogP contribution < -0.4 is 0 Å². The van der Waals surface area contributed by atoms with Gasteiger partial charge in [-0.3, -0.25) is 19.3 Å². The van der Waals surface area contributed by atoms with Crippen molar-refractivity contribution in [2.24, 2.45) is 11.8 Å². The number of nitriles is 1. The lowest BCUT2D eigenvalue weighted by Crippen LogP contribution is -2.63. The number of hydrogen-bond acceptors (Lipinski definition) is 9. The van der Waals surface area contributed by atoms with Gasteiger partial charge in [0, 0.05) is 29.8 Å². The minimum atomic E-state index is -0.878. The number of benzene rings is 1. The van der Waals surface area contributed by atoms with E-state index in [1.807, 2.05) is 13.0 Å². The second kappa shape index (κ2) is 8.30. The van der Waals surface area contributed by atoms with Crippen LogP contribution in [-0.4, -0.2) is 48.3 Å². The molecular formula is C23H19N5O6S. The number of thiazole rings is 1. The normalized spacial score (nSPS) is 22.1. The Kier molecular flexibility index (Phi) is 5.38. The van der Waals surface area contributed by atoms with Gasteiger partial charge in [0.25, 0.3) is 5.69 Å². The molecule has 0 radical (unpaired) electrons. The smallest absolute Gasteiger partial charge is 0.355 e. The van der Waals surface area contributed by atoms with Crippen LogP contribution in [0.2, 0.25) is 0 Å². The predicted molar refractivity (Wildman–Crippen MR) is 123 cm³/mol. The van der Waals surface area contributed by atoms with Crippen LogP contribution in [0.1, 0.15) is 30.0 Å². The van der Waals surface area contributed by atoms with E-state index >= 15 is 0 Å². The van der Waals surface area contributed by atoms with E-state index in [1.54, 1.807) is 17.5 Å². The number of nitro benzene ring substituents is 1. The number of non-ortho nitro benzene ring substituents is 1. The number of ether oxygens (including phenoxy) is 1. The van der Waals surface area contributed by atoms with Crippen LogP contribution in [0, 0.1) is 33.3 Å². The summed E-state index contributed by atoms with van der Waals surface area (Å²) in [5.74, 6) is -1.96. The topological polar surface area (TPSA) is 151 Å². The zero-order chi connectivity index (χ0) is 25.0. The number of aliphatic hydroxyl groups is 1. The Balaban J connectivity index is 1.50. The van der Waals surface area contributed by atoms with Crippen LogP contribution in [-0.2, 0) is 20.9 Å². The van der Waals surface area contributed by atoms with Gasteiger partial charge in [-0.05, 0) is 24.6 Å². The molecule has 1 N–H and O–H groups in total. The fourth-order valence-electron chi connectivity index (χ4n) is 4.82. The lowest BCUT2D eigenvalue weighted by atomic mass is 9.77. The van der Waals surface area contributed by atoms with Gasteiger partial charge >= 0.3 is 5.97 Å². The Labute approximate surface area is 202 Å². The highest BCUT2D eigenvalue weighted by atomic mass is 32.1. The van der Waals surface area contributed by atoms with Crippen molar-refractivity contribution in [3.05, 3.63) is 68.7 Å². The van der Waals surface area contributed by atoms with Gasteiger partial charge in [0.2, 0.25) is 5.91 Å². The van der Waals surface area contributed by atoms with Gasteiger partial charge in [0.15, 0.2) is 5.69 Å². The summed E-state index contributed by atoms with van der Waals surface area (Å²) >= 11 is 1.29. The van der Waals surface area contributed by atoms with Crippen LogP contribution in [0.5, 0.6) is 0 Å². The van der Waals surface area contributed by atoms with E-state index < -0.39 is 29.0 Å². The van der Waals surface area contributed by atoms with Crippen molar-refractivity contribution in [1.82, 2.24) is 14.3 Å². The van der Waals surface area contributed by atoms with Gasteiger partial charge in [0.05, 0.1) is 27.9 Å². The first-order chi connectivity index (χ1) is 16.7. The Hall–Kier alpha value is -4.08. The Morgan fingerprint density at radius 1 is 1.40 bits per heavy atom. The summed E-state index contributed by atoms with van der Waals surface area (Å²) in [6.07, 6.45) is 2.40. The Morgan fingerprint density at radius 2 is 2.11 bits per heavy atom. The summed E-state index contributed by atoms with van der Waals surface area (Å²) < 4.78 is 7.22. The number of carbonyl (C=O) groups is 2. The molecule has 0 spiro atoms. The molecule has 2 aliphatic rings. The number of β-lactam (4-membered cyclic amide) rings is 1. The van der Waals surface area contributed by atoms with Crippen molar-refractivity contribution in [1.29, 1.82) is 5.26 Å². The molecule has 35 heavy (non-hydrogen) atoms. The predicted octanol–water partition coefficient (Wildman–Crippen LogP) is 2.49. The lowest BCUT2D eigenvalue weighted by molar-refractivity contribution is -0.384. The minimum absolute atomic E-state index is 0.0757. The maximum absolute atomic E-state index is 13.3. The number of amides is 1. The van der Waals surface area contributed by atoms with Crippen molar-refractivity contribution >= 4 is 39.3 Å². The van der Waals surface area contributed by atoms with Crippen LogP contribution in [0.25, 0.3) is 10.4 Å². The third-order valence-corrected chi connectivity index (χ3v) is 7.61. The first kappa shape index (κ1) is 22.7. The van der Waals surface area contributed by atoms with Crippen molar-refractivity contribution in [3.8, 4) is 6.07 Å². The summed E-state index contributed by atoms with van der Waals surface area (Å²) in [7, 11) is 0. The fraction of sp³-hybridized carbons (Fsp3) is 0.304. The number of carbonyl (C=O) groups excluding carboxylic acids is 2. The third-order valence-electron chi connectivity index (χ3n) is 6.47. The Morgan fingerprint density at radius 3 is 2.74 bits per heavy atom. The van der Waals surface area contributed by atoms with Crippen LogP contribution in [0.3, 0.4) is 0 Å². The summed E-state index contributed by atoms with van der Waals surface area (Å²) in [6, 6.07) is 7.29. The Bertz CT molecular complexity index is 1450. The number of rotatable bonds is 6. The molecule has 11 nitrogen and oxygen atoms in total. The molecule has 4 heterocycles. The van der Waals surface area contributed by atoms with Crippen LogP contribution >= 0.6 is 11.3 Å². The number of hydrogen-bond donors (Lipinski definition) is 1. The second-order valence-corrected chi connectivity index (χ2v) is 9.56. The highest BCUT2D eigenvalue weighted by Gasteiger charge is 2.60. The van der Waals surface area contributed by atoms with E-state index in [9.17, 15) is 30.1 Å². The van der Waals surface area contributed by atoms with Gasteiger partial charge in [-0.15, -0.1) is 11.3 Å². The van der Waals surface area contributed by atoms with E-state index in [0.29, 0.717) is 20.8 Å². The largest absolute Gasteiger partial charge is 0.456 e. The highest BCUT2D eigenvalue weighted by molar-refractivity contribution is 7.18. The zero-order valence-electron chi connectivity index (χ0n) is 18.6. The molecule has 12 heteroatoms. The summed E-state index contributed by atoms with van der Waals surface area (Å²) in [5.41, 5.74) is 1.46. The monoisotopic (exact) mass is 493 g/mol. The minimum Gasteiger partial charge on any atom is -0.456 e.